The Bertz CT molecular complexity index is 791. The molecule has 0 aromatic heterocycles. The Morgan fingerprint density at radius 1 is 1.07 bits per heavy atom. The van der Waals surface area contributed by atoms with Crippen molar-refractivity contribution < 1.29 is 14.3 Å². The number of ether oxygens (including phenoxy) is 2. The predicted molar refractivity (Wildman–Crippen MR) is 110 cm³/mol. The number of carbonyl (C=O) groups is 1. The Balaban J connectivity index is 2.11. The van der Waals surface area contributed by atoms with E-state index in [2.05, 4.69) is 18.3 Å². The molecular weight excluding hydrogens is 362 g/mol. The van der Waals surface area contributed by atoms with Crippen LogP contribution < -0.4 is 14.8 Å². The molecule has 1 N–H and O–H groups in total. The van der Waals surface area contributed by atoms with E-state index in [0.29, 0.717) is 17.2 Å². The second-order valence-corrected chi connectivity index (χ2v) is 7.03. The van der Waals surface area contributed by atoms with E-state index in [4.69, 9.17) is 21.1 Å². The minimum atomic E-state index is -0.557. The van der Waals surface area contributed by atoms with Gasteiger partial charge in [0.25, 0.3) is 5.91 Å². The van der Waals surface area contributed by atoms with Gasteiger partial charge in [-0.1, -0.05) is 37.6 Å². The van der Waals surface area contributed by atoms with Crippen LogP contribution in [0.1, 0.15) is 49.4 Å². The van der Waals surface area contributed by atoms with Gasteiger partial charge in [-0.25, -0.2) is 0 Å². The van der Waals surface area contributed by atoms with Crippen molar-refractivity contribution in [3.63, 3.8) is 0 Å². The smallest absolute Gasteiger partial charge is 0.261 e. The predicted octanol–water partition coefficient (Wildman–Crippen LogP) is 5.39. The second kappa shape index (κ2) is 9.65. The fourth-order valence-electron chi connectivity index (χ4n) is 2.98. The molecule has 1 amide bonds. The van der Waals surface area contributed by atoms with Gasteiger partial charge in [-0.15, -0.1) is 0 Å². The largest absolute Gasteiger partial charge is 0.496 e. The van der Waals surface area contributed by atoms with Crippen LogP contribution in [0, 0.1) is 13.8 Å². The van der Waals surface area contributed by atoms with Crippen LogP contribution in [0.25, 0.3) is 0 Å². The fourth-order valence-corrected chi connectivity index (χ4v) is 3.10. The Kier molecular flexibility index (Phi) is 7.55. The lowest BCUT2D eigenvalue weighted by atomic mass is 10.0. The van der Waals surface area contributed by atoms with Crippen LogP contribution in [0.3, 0.4) is 0 Å². The van der Waals surface area contributed by atoms with E-state index in [1.54, 1.807) is 19.2 Å². The van der Waals surface area contributed by atoms with E-state index in [1.165, 1.54) is 0 Å². The van der Waals surface area contributed by atoms with E-state index < -0.39 is 6.10 Å². The van der Waals surface area contributed by atoms with Gasteiger partial charge in [-0.3, -0.25) is 4.79 Å². The maximum absolute atomic E-state index is 12.8. The summed E-state index contributed by atoms with van der Waals surface area (Å²) in [5.74, 6) is 1.37. The van der Waals surface area contributed by atoms with E-state index in [1.807, 2.05) is 39.0 Å². The first-order chi connectivity index (χ1) is 12.9. The number of nitrogens with one attached hydrogen (secondary N) is 1. The highest BCUT2D eigenvalue weighted by Gasteiger charge is 2.22. The highest BCUT2D eigenvalue weighted by molar-refractivity contribution is 6.31. The van der Waals surface area contributed by atoms with Crippen molar-refractivity contribution in [2.24, 2.45) is 0 Å². The Morgan fingerprint density at radius 3 is 2.37 bits per heavy atom. The summed E-state index contributed by atoms with van der Waals surface area (Å²) in [5, 5.41) is 3.80. The number of carbonyl (C=O) groups excluding carboxylic acids is 1. The summed E-state index contributed by atoms with van der Waals surface area (Å²) in [7, 11) is 1.66. The number of rotatable bonds is 8. The van der Waals surface area contributed by atoms with Crippen molar-refractivity contribution in [1.29, 1.82) is 0 Å². The third-order valence-electron chi connectivity index (χ3n) is 4.62. The molecule has 0 saturated heterocycles. The van der Waals surface area contributed by atoms with E-state index >= 15 is 0 Å². The topological polar surface area (TPSA) is 47.6 Å². The third kappa shape index (κ3) is 5.39. The van der Waals surface area contributed by atoms with E-state index in [9.17, 15) is 4.79 Å². The standard InChI is InChI=1S/C22H28ClNO3/c1-6-19(16-8-11-21(26-5)15(4)12-16)24-22(25)20(7-2)27-17-9-10-18(23)14(3)13-17/h8-13,19-20H,6-7H2,1-5H3,(H,24,25)/t19-,20+/m1/s1. The quantitative estimate of drug-likeness (QED) is 0.658. The van der Waals surface area contributed by atoms with Crippen LogP contribution in [0.2, 0.25) is 5.02 Å². The van der Waals surface area contributed by atoms with Crippen molar-refractivity contribution in [3.8, 4) is 11.5 Å². The molecule has 0 aliphatic heterocycles. The molecule has 2 aromatic rings. The maximum atomic E-state index is 12.8. The van der Waals surface area contributed by atoms with Gasteiger partial charge >= 0.3 is 0 Å². The first kappa shape index (κ1) is 21.1. The number of benzene rings is 2. The number of hydrogen-bond acceptors (Lipinski definition) is 3. The summed E-state index contributed by atoms with van der Waals surface area (Å²) in [6.45, 7) is 7.90. The average Bonchev–Trinajstić information content (AvgIpc) is 2.66. The van der Waals surface area contributed by atoms with Crippen LogP contribution in [0.5, 0.6) is 11.5 Å². The summed E-state index contributed by atoms with van der Waals surface area (Å²) in [5.41, 5.74) is 3.02. The van der Waals surface area contributed by atoms with Gasteiger partial charge in [-0.05, 0) is 67.6 Å². The summed E-state index contributed by atoms with van der Waals surface area (Å²) in [6.07, 6.45) is 0.804. The molecule has 0 bridgehead atoms. The molecule has 0 spiro atoms. The molecule has 146 valence electrons. The molecule has 27 heavy (non-hydrogen) atoms. The number of hydrogen-bond donors (Lipinski definition) is 1. The summed E-state index contributed by atoms with van der Waals surface area (Å²) in [6, 6.07) is 11.3. The first-order valence-corrected chi connectivity index (χ1v) is 9.65. The molecule has 2 rings (SSSR count). The molecule has 0 saturated carbocycles. The molecule has 0 aliphatic rings. The van der Waals surface area contributed by atoms with Crippen molar-refractivity contribution in [1.82, 2.24) is 5.32 Å². The van der Waals surface area contributed by atoms with Crippen molar-refractivity contribution >= 4 is 17.5 Å². The van der Waals surface area contributed by atoms with Gasteiger partial charge < -0.3 is 14.8 Å². The molecule has 0 radical (unpaired) electrons. The summed E-state index contributed by atoms with van der Waals surface area (Å²) < 4.78 is 11.2. The Labute approximate surface area is 166 Å². The van der Waals surface area contributed by atoms with Gasteiger partial charge in [-0.2, -0.15) is 0 Å². The van der Waals surface area contributed by atoms with Gasteiger partial charge in [0.05, 0.1) is 13.2 Å². The zero-order valence-electron chi connectivity index (χ0n) is 16.6. The van der Waals surface area contributed by atoms with Crippen LogP contribution in [-0.2, 0) is 4.79 Å². The van der Waals surface area contributed by atoms with Gasteiger partial charge in [0.15, 0.2) is 6.10 Å². The molecule has 0 aliphatic carbocycles. The van der Waals surface area contributed by atoms with Crippen LogP contribution in [-0.4, -0.2) is 19.1 Å². The number of halogens is 1. The van der Waals surface area contributed by atoms with E-state index in [0.717, 1.165) is 28.9 Å². The van der Waals surface area contributed by atoms with Gasteiger partial charge in [0.2, 0.25) is 0 Å². The van der Waals surface area contributed by atoms with Gasteiger partial charge in [0.1, 0.15) is 11.5 Å². The molecule has 4 nitrogen and oxygen atoms in total. The van der Waals surface area contributed by atoms with Crippen molar-refractivity contribution in [3.05, 3.63) is 58.1 Å². The first-order valence-electron chi connectivity index (χ1n) is 9.27. The normalized spacial score (nSPS) is 13.0. The van der Waals surface area contributed by atoms with Gasteiger partial charge in [0, 0.05) is 5.02 Å². The number of aryl methyl sites for hydroxylation is 2. The lowest BCUT2D eigenvalue weighted by Gasteiger charge is -2.23. The monoisotopic (exact) mass is 389 g/mol. The summed E-state index contributed by atoms with van der Waals surface area (Å²) >= 11 is 6.06. The Morgan fingerprint density at radius 2 is 1.81 bits per heavy atom. The molecular formula is C22H28ClNO3. The lowest BCUT2D eigenvalue weighted by Crippen LogP contribution is -2.40. The molecule has 5 heteroatoms. The van der Waals surface area contributed by atoms with E-state index in [-0.39, 0.29) is 11.9 Å². The van der Waals surface area contributed by atoms with Crippen LogP contribution >= 0.6 is 11.6 Å². The van der Waals surface area contributed by atoms with Crippen LogP contribution in [0.4, 0.5) is 0 Å². The SMILES string of the molecule is CC[C@H](Oc1ccc(Cl)c(C)c1)C(=O)N[C@H](CC)c1ccc(OC)c(C)c1. The average molecular weight is 390 g/mol. The number of methoxy groups -OCH3 is 1. The third-order valence-corrected chi connectivity index (χ3v) is 5.04. The second-order valence-electron chi connectivity index (χ2n) is 6.62. The maximum Gasteiger partial charge on any atom is 0.261 e. The zero-order valence-corrected chi connectivity index (χ0v) is 17.4. The summed E-state index contributed by atoms with van der Waals surface area (Å²) in [4.78, 5) is 12.8. The van der Waals surface area contributed by atoms with Crippen molar-refractivity contribution in [2.45, 2.75) is 52.7 Å². The Hall–Kier alpha value is -2.20. The molecule has 2 aromatic carbocycles. The number of amides is 1. The lowest BCUT2D eigenvalue weighted by molar-refractivity contribution is -0.128. The van der Waals surface area contributed by atoms with Crippen molar-refractivity contribution in [2.75, 3.05) is 7.11 Å². The molecule has 0 heterocycles. The highest BCUT2D eigenvalue weighted by atomic mass is 35.5. The minimum absolute atomic E-state index is 0.0771. The zero-order chi connectivity index (χ0) is 20.0. The molecule has 0 fully saturated rings. The molecule has 0 unspecified atom stereocenters. The fraction of sp³-hybridized carbons (Fsp3) is 0.409. The van der Waals surface area contributed by atoms with Crippen LogP contribution in [0.15, 0.2) is 36.4 Å². The molecule has 2 atom stereocenters. The minimum Gasteiger partial charge on any atom is -0.496 e. The highest BCUT2D eigenvalue weighted by Crippen LogP contribution is 2.25.